The van der Waals surface area contributed by atoms with Crippen molar-refractivity contribution in [3.63, 3.8) is 0 Å². The zero-order valence-corrected chi connectivity index (χ0v) is 9.69. The summed E-state index contributed by atoms with van der Waals surface area (Å²) < 4.78 is 2.41. The molecule has 0 amide bonds. The molecule has 0 aliphatic rings. The van der Waals surface area contributed by atoms with E-state index in [0.29, 0.717) is 4.75 Å². The van der Waals surface area contributed by atoms with Crippen molar-refractivity contribution >= 4 is 11.8 Å². The Morgan fingerprint density at radius 1 is 1.31 bits per heavy atom. The third kappa shape index (κ3) is 3.39. The summed E-state index contributed by atoms with van der Waals surface area (Å²) in [5, 5.41) is 0. The molecule has 0 saturated carbocycles. The van der Waals surface area contributed by atoms with Crippen LogP contribution in [0.25, 0.3) is 0 Å². The van der Waals surface area contributed by atoms with E-state index in [9.17, 15) is 0 Å². The molecule has 1 rings (SSSR count). The van der Waals surface area contributed by atoms with Gasteiger partial charge in [0.25, 0.3) is 0 Å². The molecule has 1 aromatic heterocycles. The van der Waals surface area contributed by atoms with Crippen molar-refractivity contribution in [2.24, 2.45) is 7.05 Å². The molecule has 72 valence electrons. The highest BCUT2D eigenvalue weighted by atomic mass is 32.2. The fourth-order valence-corrected chi connectivity index (χ4v) is 1.99. The Balaban J connectivity index is 2.69. The Morgan fingerprint density at radius 3 is 2.31 bits per heavy atom. The largest absolute Gasteiger partial charge is 0.208 e. The Kier molecular flexibility index (Phi) is 3.37. The molecule has 0 radical (unpaired) electrons. The van der Waals surface area contributed by atoms with Crippen LogP contribution in [0.4, 0.5) is 0 Å². The van der Waals surface area contributed by atoms with Gasteiger partial charge in [-0.25, -0.2) is 4.57 Å². The summed E-state index contributed by atoms with van der Waals surface area (Å²) in [6.07, 6.45) is 5.38. The lowest BCUT2D eigenvalue weighted by Crippen LogP contribution is -2.25. The van der Waals surface area contributed by atoms with Gasteiger partial charge in [-0.2, -0.15) is 0 Å². The van der Waals surface area contributed by atoms with E-state index in [2.05, 4.69) is 49.9 Å². The van der Waals surface area contributed by atoms with Gasteiger partial charge >= 0.3 is 0 Å². The highest BCUT2D eigenvalue weighted by Gasteiger charge is 2.16. The Labute approximate surface area is 85.2 Å². The summed E-state index contributed by atoms with van der Waals surface area (Å²) in [5.41, 5.74) is 0. The summed E-state index contributed by atoms with van der Waals surface area (Å²) in [6.45, 7) is 6.80. The monoisotopic (exact) mass is 196 g/mol. The van der Waals surface area contributed by atoms with Crippen LogP contribution in [0.5, 0.6) is 0 Å². The molecule has 0 atom stereocenters. The van der Waals surface area contributed by atoms with E-state index in [4.69, 9.17) is 0 Å². The summed E-state index contributed by atoms with van der Waals surface area (Å²) in [6, 6.07) is 4.34. The van der Waals surface area contributed by atoms with Crippen LogP contribution in [-0.4, -0.2) is 4.75 Å². The number of aryl methyl sites for hydroxylation is 1. The minimum Gasteiger partial charge on any atom is -0.208 e. The molecule has 0 aliphatic heterocycles. The van der Waals surface area contributed by atoms with Gasteiger partial charge in [-0.05, 0) is 6.42 Å². The molecule has 1 aromatic rings. The van der Waals surface area contributed by atoms with Gasteiger partial charge in [-0.1, -0.05) is 20.8 Å². The highest BCUT2D eigenvalue weighted by Crippen LogP contribution is 2.33. The predicted octanol–water partition coefficient (Wildman–Crippen LogP) is 2.79. The Bertz CT molecular complexity index is 264. The molecule has 13 heavy (non-hydrogen) atoms. The first kappa shape index (κ1) is 10.6. The van der Waals surface area contributed by atoms with E-state index in [-0.39, 0.29) is 0 Å². The second kappa shape index (κ2) is 4.14. The van der Waals surface area contributed by atoms with Gasteiger partial charge in [0.2, 0.25) is 0 Å². The van der Waals surface area contributed by atoms with Crippen LogP contribution in [0, 0.1) is 0 Å². The lowest BCUT2D eigenvalue weighted by atomic mass is 10.1. The van der Waals surface area contributed by atoms with Crippen LogP contribution in [0.3, 0.4) is 0 Å². The molecule has 0 bridgehead atoms. The zero-order valence-electron chi connectivity index (χ0n) is 8.87. The second-order valence-electron chi connectivity index (χ2n) is 3.91. The van der Waals surface area contributed by atoms with Gasteiger partial charge in [-0.15, -0.1) is 11.8 Å². The topological polar surface area (TPSA) is 3.88 Å². The Morgan fingerprint density at radius 2 is 1.85 bits per heavy atom. The van der Waals surface area contributed by atoms with Crippen LogP contribution >= 0.6 is 11.8 Å². The average molecular weight is 196 g/mol. The first-order chi connectivity index (χ1) is 6.03. The van der Waals surface area contributed by atoms with Gasteiger partial charge < -0.3 is 0 Å². The molecule has 0 N–H and O–H groups in total. The summed E-state index contributed by atoms with van der Waals surface area (Å²) in [4.78, 5) is 1.35. The molecule has 1 heterocycles. The van der Waals surface area contributed by atoms with Crippen molar-refractivity contribution in [2.45, 2.75) is 36.8 Å². The molecule has 0 fully saturated rings. The molecule has 0 unspecified atom stereocenters. The van der Waals surface area contributed by atoms with Crippen molar-refractivity contribution in [2.75, 3.05) is 0 Å². The lowest BCUT2D eigenvalue weighted by molar-refractivity contribution is -0.671. The number of pyridine rings is 1. The predicted molar refractivity (Wildman–Crippen MR) is 57.8 cm³/mol. The maximum atomic E-state index is 2.28. The number of thioether (sulfide) groups is 1. The summed E-state index contributed by atoms with van der Waals surface area (Å²) in [7, 11) is 2.04. The molecule has 0 aliphatic carbocycles. The van der Waals surface area contributed by atoms with Gasteiger partial charge in [-0.3, -0.25) is 0 Å². The fourth-order valence-electron chi connectivity index (χ4n) is 0.947. The highest BCUT2D eigenvalue weighted by molar-refractivity contribution is 8.00. The molecule has 0 aromatic carbocycles. The quantitative estimate of drug-likeness (QED) is 0.531. The van der Waals surface area contributed by atoms with Crippen LogP contribution in [0.2, 0.25) is 0 Å². The van der Waals surface area contributed by atoms with Gasteiger partial charge in [0.15, 0.2) is 12.4 Å². The zero-order chi connectivity index (χ0) is 9.90. The first-order valence-corrected chi connectivity index (χ1v) is 5.49. The SMILES string of the molecule is CCC(C)(C)Sc1cc[n+](C)cc1. The van der Waals surface area contributed by atoms with Gasteiger partial charge in [0, 0.05) is 21.8 Å². The van der Waals surface area contributed by atoms with Crippen LogP contribution < -0.4 is 4.57 Å². The minimum atomic E-state index is 0.347. The third-order valence-corrected chi connectivity index (χ3v) is 3.54. The lowest BCUT2D eigenvalue weighted by Gasteiger charge is -2.21. The van der Waals surface area contributed by atoms with E-state index < -0.39 is 0 Å². The van der Waals surface area contributed by atoms with Crippen LogP contribution in [-0.2, 0) is 7.05 Å². The van der Waals surface area contributed by atoms with Crippen LogP contribution in [0.15, 0.2) is 29.4 Å². The standard InChI is InChI=1S/C11H18NS/c1-5-11(2,3)13-10-6-8-12(4)9-7-10/h6-9H,5H2,1-4H3/q+1. The Hall–Kier alpha value is -0.500. The number of nitrogens with zero attached hydrogens (tertiary/aromatic N) is 1. The van der Waals surface area contributed by atoms with Gasteiger partial charge in [0.05, 0.1) is 0 Å². The van der Waals surface area contributed by atoms with Crippen molar-refractivity contribution < 1.29 is 4.57 Å². The van der Waals surface area contributed by atoms with Gasteiger partial charge in [0.1, 0.15) is 7.05 Å². The molecular weight excluding hydrogens is 178 g/mol. The minimum absolute atomic E-state index is 0.347. The maximum Gasteiger partial charge on any atom is 0.169 e. The van der Waals surface area contributed by atoms with Crippen molar-refractivity contribution in [3.8, 4) is 0 Å². The van der Waals surface area contributed by atoms with E-state index in [1.165, 1.54) is 11.3 Å². The second-order valence-corrected chi connectivity index (χ2v) is 5.70. The van der Waals surface area contributed by atoms with Crippen molar-refractivity contribution in [3.05, 3.63) is 24.5 Å². The molecular formula is C11H18NS+. The van der Waals surface area contributed by atoms with Crippen molar-refractivity contribution in [1.29, 1.82) is 0 Å². The molecule has 0 spiro atoms. The molecule has 1 nitrogen and oxygen atoms in total. The summed E-state index contributed by atoms with van der Waals surface area (Å²) >= 11 is 1.94. The number of rotatable bonds is 3. The number of hydrogen-bond donors (Lipinski definition) is 0. The van der Waals surface area contributed by atoms with E-state index in [0.717, 1.165) is 0 Å². The smallest absolute Gasteiger partial charge is 0.169 e. The average Bonchev–Trinajstić information content (AvgIpc) is 2.09. The normalized spacial score (nSPS) is 11.7. The van der Waals surface area contributed by atoms with E-state index in [1.54, 1.807) is 0 Å². The van der Waals surface area contributed by atoms with Crippen LogP contribution in [0.1, 0.15) is 27.2 Å². The van der Waals surface area contributed by atoms with E-state index in [1.807, 2.05) is 18.8 Å². The first-order valence-electron chi connectivity index (χ1n) is 4.68. The molecule has 2 heteroatoms. The molecule has 0 saturated heterocycles. The maximum absolute atomic E-state index is 2.28. The number of aromatic nitrogens is 1. The van der Waals surface area contributed by atoms with E-state index >= 15 is 0 Å². The third-order valence-electron chi connectivity index (χ3n) is 2.19. The summed E-state index contributed by atoms with van der Waals surface area (Å²) in [5.74, 6) is 0. The fraction of sp³-hybridized carbons (Fsp3) is 0.545. The van der Waals surface area contributed by atoms with Crippen molar-refractivity contribution in [1.82, 2.24) is 0 Å². The number of hydrogen-bond acceptors (Lipinski definition) is 1.